The number of benzene rings is 1. The number of nitrogens with zero attached hydrogens (tertiary/aromatic N) is 2. The lowest BCUT2D eigenvalue weighted by atomic mass is 10.1. The molecule has 1 N–H and O–H groups in total. The topological polar surface area (TPSA) is 72.9 Å². The van der Waals surface area contributed by atoms with Crippen molar-refractivity contribution < 1.29 is 19.0 Å². The van der Waals surface area contributed by atoms with Crippen LogP contribution in [0.4, 0.5) is 10.6 Å². The molecule has 2 fully saturated rings. The monoisotopic (exact) mass is 445 g/mol. The number of carbonyl (C=O) groups is 1. The van der Waals surface area contributed by atoms with Crippen LogP contribution in [0.3, 0.4) is 0 Å². The number of carbonyl (C=O) groups excluding carboxylic acids is 1. The third kappa shape index (κ3) is 5.67. The summed E-state index contributed by atoms with van der Waals surface area (Å²) in [6.07, 6.45) is 1.67. The average Bonchev–Trinajstić information content (AvgIpc) is 3.60. The molecule has 2 aromatic rings. The number of rotatable bonds is 7. The number of aromatic nitrogens is 1. The smallest absolute Gasteiger partial charge is 0.408 e. The molecule has 0 spiro atoms. The maximum absolute atomic E-state index is 12.5. The van der Waals surface area contributed by atoms with E-state index in [2.05, 4.69) is 10.2 Å². The van der Waals surface area contributed by atoms with Crippen molar-refractivity contribution in [2.24, 2.45) is 0 Å². The van der Waals surface area contributed by atoms with Gasteiger partial charge in [-0.3, -0.25) is 0 Å². The Morgan fingerprint density at radius 3 is 2.81 bits per heavy atom. The molecule has 0 radical (unpaired) electrons. The van der Waals surface area contributed by atoms with Gasteiger partial charge in [0, 0.05) is 37.7 Å². The van der Waals surface area contributed by atoms with Crippen LogP contribution in [0.5, 0.6) is 5.75 Å². The molecule has 1 aromatic heterocycles. The van der Waals surface area contributed by atoms with Gasteiger partial charge in [-0.25, -0.2) is 9.78 Å². The molecular formula is C23H28ClN3O4. The van der Waals surface area contributed by atoms with Crippen molar-refractivity contribution in [3.8, 4) is 5.75 Å². The van der Waals surface area contributed by atoms with Crippen LogP contribution in [-0.4, -0.2) is 50.6 Å². The van der Waals surface area contributed by atoms with Gasteiger partial charge < -0.3 is 24.4 Å². The summed E-state index contributed by atoms with van der Waals surface area (Å²) < 4.78 is 16.7. The van der Waals surface area contributed by atoms with Crippen LogP contribution in [0, 0.1) is 6.92 Å². The molecule has 4 rings (SSSR count). The molecule has 166 valence electrons. The highest BCUT2D eigenvalue weighted by atomic mass is 35.5. The summed E-state index contributed by atoms with van der Waals surface area (Å²) in [5, 5.41) is 3.47. The molecule has 8 heteroatoms. The van der Waals surface area contributed by atoms with Crippen molar-refractivity contribution >= 4 is 23.5 Å². The molecule has 1 atom stereocenters. The second-order valence-corrected chi connectivity index (χ2v) is 8.49. The van der Waals surface area contributed by atoms with Gasteiger partial charge in [0.2, 0.25) is 0 Å². The Hall–Kier alpha value is -2.35. The van der Waals surface area contributed by atoms with Gasteiger partial charge in [0.15, 0.2) is 5.75 Å². The van der Waals surface area contributed by atoms with Gasteiger partial charge in [0.05, 0.1) is 25.0 Å². The number of aryl methyl sites for hydroxylation is 1. The van der Waals surface area contributed by atoms with E-state index in [0.29, 0.717) is 36.4 Å². The molecule has 1 saturated heterocycles. The predicted molar refractivity (Wildman–Crippen MR) is 119 cm³/mol. The van der Waals surface area contributed by atoms with Crippen LogP contribution in [0.1, 0.15) is 35.6 Å². The lowest BCUT2D eigenvalue weighted by molar-refractivity contribution is -0.0102. The molecular weight excluding hydrogens is 418 g/mol. The number of amides is 1. The zero-order valence-electron chi connectivity index (χ0n) is 17.9. The molecule has 1 aliphatic carbocycles. The van der Waals surface area contributed by atoms with Crippen LogP contribution in [0.2, 0.25) is 5.02 Å². The molecule has 0 unspecified atom stereocenters. The summed E-state index contributed by atoms with van der Waals surface area (Å²) in [6.45, 7) is 5.03. The zero-order chi connectivity index (χ0) is 21.8. The van der Waals surface area contributed by atoms with E-state index >= 15 is 0 Å². The van der Waals surface area contributed by atoms with E-state index in [1.165, 1.54) is 0 Å². The lowest BCUT2D eigenvalue weighted by Gasteiger charge is -2.34. The fraction of sp³-hybridized carbons (Fsp3) is 0.478. The quantitative estimate of drug-likeness (QED) is 0.692. The summed E-state index contributed by atoms with van der Waals surface area (Å²) >= 11 is 5.91. The molecule has 2 heterocycles. The Labute approximate surface area is 187 Å². The fourth-order valence-electron chi connectivity index (χ4n) is 3.72. The van der Waals surface area contributed by atoms with Gasteiger partial charge in [0.1, 0.15) is 5.82 Å². The van der Waals surface area contributed by atoms with Crippen molar-refractivity contribution in [2.75, 3.05) is 38.3 Å². The van der Waals surface area contributed by atoms with Crippen molar-refractivity contribution in [3.63, 3.8) is 0 Å². The standard InChI is InChI=1S/C23H28ClN3O4/c1-15-11-20(27-9-10-30-19(13-27)14-29-2)26-21(17-5-6-17)22(15)31-23(28)25-12-16-3-7-18(24)8-4-16/h3-4,7-8,11,17,19H,5-6,9-10,12-14H2,1-2H3,(H,25,28)/t19-/m0/s1. The number of pyridine rings is 1. The van der Waals surface area contributed by atoms with Gasteiger partial charge in [-0.15, -0.1) is 0 Å². The number of nitrogens with one attached hydrogen (secondary N) is 1. The summed E-state index contributed by atoms with van der Waals surface area (Å²) in [5.41, 5.74) is 2.72. The summed E-state index contributed by atoms with van der Waals surface area (Å²) in [5.74, 6) is 1.81. The van der Waals surface area contributed by atoms with E-state index in [-0.39, 0.29) is 6.10 Å². The largest absolute Gasteiger partial charge is 0.412 e. The SMILES string of the molecule is COC[C@@H]1CN(c2cc(C)c(OC(=O)NCc3ccc(Cl)cc3)c(C3CC3)n2)CCO1. The second kappa shape index (κ2) is 9.85. The van der Waals surface area contributed by atoms with Crippen LogP contribution < -0.4 is 15.0 Å². The third-order valence-electron chi connectivity index (χ3n) is 5.50. The van der Waals surface area contributed by atoms with Gasteiger partial charge in [-0.1, -0.05) is 23.7 Å². The number of methoxy groups -OCH3 is 1. The number of hydrogen-bond donors (Lipinski definition) is 1. The highest BCUT2D eigenvalue weighted by Gasteiger charge is 2.32. The zero-order valence-corrected chi connectivity index (χ0v) is 18.7. The van der Waals surface area contributed by atoms with E-state index in [0.717, 1.165) is 48.6 Å². The Morgan fingerprint density at radius 2 is 2.10 bits per heavy atom. The van der Waals surface area contributed by atoms with Crippen LogP contribution in [0.25, 0.3) is 0 Å². The summed E-state index contributed by atoms with van der Waals surface area (Å²) in [7, 11) is 1.68. The van der Waals surface area contributed by atoms with Crippen molar-refractivity contribution in [3.05, 3.63) is 52.2 Å². The number of ether oxygens (including phenoxy) is 3. The molecule has 2 aliphatic rings. The van der Waals surface area contributed by atoms with Gasteiger partial charge in [-0.05, 0) is 49.1 Å². The first kappa shape index (κ1) is 21.9. The molecule has 7 nitrogen and oxygen atoms in total. The van der Waals surface area contributed by atoms with Gasteiger partial charge >= 0.3 is 6.09 Å². The Morgan fingerprint density at radius 1 is 1.32 bits per heavy atom. The van der Waals surface area contributed by atoms with E-state index < -0.39 is 6.09 Å². The van der Waals surface area contributed by atoms with E-state index in [4.69, 9.17) is 30.8 Å². The van der Waals surface area contributed by atoms with Gasteiger partial charge in [0.25, 0.3) is 0 Å². The Kier molecular flexibility index (Phi) is 6.95. The number of morpholine rings is 1. The van der Waals surface area contributed by atoms with E-state index in [1.807, 2.05) is 25.1 Å². The van der Waals surface area contributed by atoms with Crippen LogP contribution in [0.15, 0.2) is 30.3 Å². The minimum absolute atomic E-state index is 0.0276. The highest BCUT2D eigenvalue weighted by Crippen LogP contribution is 2.45. The number of hydrogen-bond acceptors (Lipinski definition) is 6. The minimum Gasteiger partial charge on any atom is -0.408 e. The molecule has 31 heavy (non-hydrogen) atoms. The third-order valence-corrected chi connectivity index (χ3v) is 5.75. The van der Waals surface area contributed by atoms with Crippen molar-refractivity contribution in [1.29, 1.82) is 0 Å². The molecule has 1 aromatic carbocycles. The number of halogens is 1. The van der Waals surface area contributed by atoms with Crippen LogP contribution in [-0.2, 0) is 16.0 Å². The maximum atomic E-state index is 12.5. The van der Waals surface area contributed by atoms with Gasteiger partial charge in [-0.2, -0.15) is 0 Å². The summed E-state index contributed by atoms with van der Waals surface area (Å²) in [6, 6.07) is 9.33. The second-order valence-electron chi connectivity index (χ2n) is 8.05. The molecule has 1 amide bonds. The van der Waals surface area contributed by atoms with Crippen molar-refractivity contribution in [1.82, 2.24) is 10.3 Å². The Balaban J connectivity index is 1.46. The fourth-order valence-corrected chi connectivity index (χ4v) is 3.84. The lowest BCUT2D eigenvalue weighted by Crippen LogP contribution is -2.44. The first-order valence-electron chi connectivity index (χ1n) is 10.6. The Bertz CT molecular complexity index is 916. The minimum atomic E-state index is -0.485. The number of anilines is 1. The average molecular weight is 446 g/mol. The van der Waals surface area contributed by atoms with Crippen molar-refractivity contribution in [2.45, 2.75) is 38.3 Å². The molecule has 0 bridgehead atoms. The summed E-state index contributed by atoms with van der Waals surface area (Å²) in [4.78, 5) is 19.6. The normalized spacial score (nSPS) is 18.7. The predicted octanol–water partition coefficient (Wildman–Crippen LogP) is 4.06. The molecule has 1 aliphatic heterocycles. The maximum Gasteiger partial charge on any atom is 0.412 e. The highest BCUT2D eigenvalue weighted by molar-refractivity contribution is 6.30. The van der Waals surface area contributed by atoms with E-state index in [1.54, 1.807) is 19.2 Å². The first-order chi connectivity index (χ1) is 15.0. The van der Waals surface area contributed by atoms with Crippen LogP contribution >= 0.6 is 11.6 Å². The van der Waals surface area contributed by atoms with E-state index in [9.17, 15) is 4.79 Å². The first-order valence-corrected chi connectivity index (χ1v) is 11.0. The molecule has 1 saturated carbocycles.